The molecule has 3 rings (SSSR count). The third-order valence-electron chi connectivity index (χ3n) is 4.79. The maximum Gasteiger partial charge on any atom is 0.241 e. The van der Waals surface area contributed by atoms with Crippen LogP contribution in [0.5, 0.6) is 0 Å². The van der Waals surface area contributed by atoms with Crippen LogP contribution < -0.4 is 4.72 Å². The normalized spacial score (nSPS) is 16.5. The minimum Gasteiger partial charge on any atom is -0.207 e. The van der Waals surface area contributed by atoms with Gasteiger partial charge >= 0.3 is 0 Å². The number of rotatable bonds is 5. The van der Waals surface area contributed by atoms with Gasteiger partial charge in [-0.1, -0.05) is 12.1 Å². The van der Waals surface area contributed by atoms with Crippen LogP contribution in [0.2, 0.25) is 0 Å². The predicted molar refractivity (Wildman–Crippen MR) is 95.5 cm³/mol. The fourth-order valence-corrected chi connectivity index (χ4v) is 5.94. The largest absolute Gasteiger partial charge is 0.241 e. The van der Waals surface area contributed by atoms with E-state index in [4.69, 9.17) is 0 Å². The van der Waals surface area contributed by atoms with E-state index in [1.165, 1.54) is 0 Å². The van der Waals surface area contributed by atoms with E-state index < -0.39 is 10.0 Å². The summed E-state index contributed by atoms with van der Waals surface area (Å²) in [6.45, 7) is 7.73. The van der Waals surface area contributed by atoms with Gasteiger partial charge in [-0.15, -0.1) is 11.3 Å². The average Bonchev–Trinajstić information content (AvgIpc) is 3.17. The molecule has 1 aromatic carbocycles. The van der Waals surface area contributed by atoms with Crippen molar-refractivity contribution in [2.75, 3.05) is 0 Å². The first-order valence-corrected chi connectivity index (χ1v) is 10.3. The van der Waals surface area contributed by atoms with E-state index in [1.807, 2.05) is 45.2 Å². The molecule has 3 nitrogen and oxygen atoms in total. The molecule has 1 N–H and O–H groups in total. The van der Waals surface area contributed by atoms with Gasteiger partial charge in [0.1, 0.15) is 0 Å². The Morgan fingerprint density at radius 3 is 2.22 bits per heavy atom. The van der Waals surface area contributed by atoms with Crippen molar-refractivity contribution in [2.24, 2.45) is 5.92 Å². The van der Waals surface area contributed by atoms with Gasteiger partial charge in [0.2, 0.25) is 10.0 Å². The Morgan fingerprint density at radius 2 is 1.74 bits per heavy atom. The Hall–Kier alpha value is -1.17. The monoisotopic (exact) mass is 349 g/mol. The van der Waals surface area contributed by atoms with E-state index in [1.54, 1.807) is 11.3 Å². The van der Waals surface area contributed by atoms with Crippen LogP contribution in [-0.2, 0) is 10.0 Å². The van der Waals surface area contributed by atoms with Gasteiger partial charge in [0.25, 0.3) is 0 Å². The quantitative estimate of drug-likeness (QED) is 0.869. The standard InChI is InChI=1S/C18H23NO2S2/c1-11-10-12(2)14(4)18(13(11)3)23(20,21)19-17(15-7-8-15)16-6-5-9-22-16/h5-6,9-10,15,17,19H,7-8H2,1-4H3/t17-/m0/s1. The molecule has 0 saturated heterocycles. The lowest BCUT2D eigenvalue weighted by Gasteiger charge is -2.21. The highest BCUT2D eigenvalue weighted by Gasteiger charge is 2.36. The Bertz CT molecular complexity index is 793. The molecule has 1 heterocycles. The van der Waals surface area contributed by atoms with Gasteiger partial charge in [-0.3, -0.25) is 0 Å². The van der Waals surface area contributed by atoms with E-state index in [2.05, 4.69) is 10.8 Å². The molecule has 1 fully saturated rings. The number of hydrogen-bond donors (Lipinski definition) is 1. The fraction of sp³-hybridized carbons (Fsp3) is 0.444. The second kappa shape index (κ2) is 6.04. The van der Waals surface area contributed by atoms with Gasteiger partial charge in [-0.05, 0) is 80.2 Å². The second-order valence-corrected chi connectivity index (χ2v) is 9.17. The maximum atomic E-state index is 13.1. The van der Waals surface area contributed by atoms with Gasteiger partial charge in [0.15, 0.2) is 0 Å². The molecule has 5 heteroatoms. The van der Waals surface area contributed by atoms with E-state index in [0.717, 1.165) is 40.0 Å². The highest BCUT2D eigenvalue weighted by atomic mass is 32.2. The SMILES string of the molecule is Cc1cc(C)c(C)c(S(=O)(=O)N[C@H](c2cccs2)C2CC2)c1C. The fourth-order valence-electron chi connectivity index (χ4n) is 3.09. The number of hydrogen-bond acceptors (Lipinski definition) is 3. The Labute approximate surface area is 142 Å². The number of sulfonamides is 1. The minimum atomic E-state index is -3.54. The molecule has 124 valence electrons. The van der Waals surface area contributed by atoms with Gasteiger partial charge in [0, 0.05) is 4.88 Å². The molecule has 1 aliphatic carbocycles. The van der Waals surface area contributed by atoms with Crippen LogP contribution in [-0.4, -0.2) is 8.42 Å². The third-order valence-corrected chi connectivity index (χ3v) is 7.46. The van der Waals surface area contributed by atoms with Crippen molar-refractivity contribution in [3.8, 4) is 0 Å². The summed E-state index contributed by atoms with van der Waals surface area (Å²) in [5.74, 6) is 0.426. The van der Waals surface area contributed by atoms with Crippen molar-refractivity contribution in [2.45, 2.75) is 51.5 Å². The van der Waals surface area contributed by atoms with Crippen LogP contribution in [0.4, 0.5) is 0 Å². The molecule has 1 atom stereocenters. The Kier molecular flexibility index (Phi) is 4.38. The third kappa shape index (κ3) is 3.23. The molecule has 1 saturated carbocycles. The summed E-state index contributed by atoms with van der Waals surface area (Å²) in [6.07, 6.45) is 2.19. The van der Waals surface area contributed by atoms with Crippen LogP contribution in [0.1, 0.15) is 46.0 Å². The minimum absolute atomic E-state index is 0.0976. The summed E-state index contributed by atoms with van der Waals surface area (Å²) in [4.78, 5) is 1.56. The van der Waals surface area contributed by atoms with Crippen molar-refractivity contribution in [3.05, 3.63) is 50.7 Å². The first-order valence-electron chi connectivity index (χ1n) is 7.94. The summed E-state index contributed by atoms with van der Waals surface area (Å²) in [5.41, 5.74) is 3.74. The first kappa shape index (κ1) is 16.7. The van der Waals surface area contributed by atoms with Crippen LogP contribution in [0.25, 0.3) is 0 Å². The zero-order valence-corrected chi connectivity index (χ0v) is 15.6. The van der Waals surface area contributed by atoms with Crippen LogP contribution >= 0.6 is 11.3 Å². The van der Waals surface area contributed by atoms with Gasteiger partial charge in [-0.25, -0.2) is 13.1 Å². The number of thiophene rings is 1. The molecule has 1 aromatic heterocycles. The summed E-state index contributed by atoms with van der Waals surface area (Å²) in [7, 11) is -3.54. The number of aryl methyl sites for hydroxylation is 2. The molecular formula is C18H23NO2S2. The highest BCUT2D eigenvalue weighted by molar-refractivity contribution is 7.89. The van der Waals surface area contributed by atoms with Crippen molar-refractivity contribution in [3.63, 3.8) is 0 Å². The van der Waals surface area contributed by atoms with Crippen LogP contribution in [0.15, 0.2) is 28.5 Å². The second-order valence-electron chi connectivity index (χ2n) is 6.54. The topological polar surface area (TPSA) is 46.2 Å². The van der Waals surface area contributed by atoms with Crippen LogP contribution in [0, 0.1) is 33.6 Å². The van der Waals surface area contributed by atoms with E-state index in [9.17, 15) is 8.42 Å². The Balaban J connectivity index is 2.02. The molecule has 0 bridgehead atoms. The molecule has 0 spiro atoms. The summed E-state index contributed by atoms with van der Waals surface area (Å²) >= 11 is 1.62. The van der Waals surface area contributed by atoms with Gasteiger partial charge in [-0.2, -0.15) is 0 Å². The number of benzene rings is 1. The van der Waals surface area contributed by atoms with E-state index in [-0.39, 0.29) is 6.04 Å². The molecular weight excluding hydrogens is 326 g/mol. The molecule has 2 aromatic rings. The van der Waals surface area contributed by atoms with Gasteiger partial charge in [0.05, 0.1) is 10.9 Å². The van der Waals surface area contributed by atoms with E-state index >= 15 is 0 Å². The molecule has 23 heavy (non-hydrogen) atoms. The van der Waals surface area contributed by atoms with Crippen molar-refractivity contribution in [1.29, 1.82) is 0 Å². The Morgan fingerprint density at radius 1 is 1.13 bits per heavy atom. The summed E-state index contributed by atoms with van der Waals surface area (Å²) < 4.78 is 29.2. The summed E-state index contributed by atoms with van der Waals surface area (Å²) in [6, 6.07) is 5.97. The molecule has 1 aliphatic rings. The molecule has 0 amide bonds. The lowest BCUT2D eigenvalue weighted by atomic mass is 10.0. The smallest absolute Gasteiger partial charge is 0.207 e. The maximum absolute atomic E-state index is 13.1. The lowest BCUT2D eigenvalue weighted by molar-refractivity contribution is 0.532. The van der Waals surface area contributed by atoms with E-state index in [0.29, 0.717) is 10.8 Å². The summed E-state index contributed by atoms with van der Waals surface area (Å²) in [5, 5.41) is 2.01. The lowest BCUT2D eigenvalue weighted by Crippen LogP contribution is -2.31. The highest BCUT2D eigenvalue weighted by Crippen LogP contribution is 2.43. The van der Waals surface area contributed by atoms with Crippen LogP contribution in [0.3, 0.4) is 0 Å². The van der Waals surface area contributed by atoms with Crippen molar-refractivity contribution < 1.29 is 8.42 Å². The first-order chi connectivity index (χ1) is 10.8. The number of nitrogens with one attached hydrogen (secondary N) is 1. The van der Waals surface area contributed by atoms with Gasteiger partial charge < -0.3 is 0 Å². The molecule has 0 unspecified atom stereocenters. The zero-order valence-electron chi connectivity index (χ0n) is 14.0. The molecule has 0 aliphatic heterocycles. The average molecular weight is 350 g/mol. The molecule has 0 radical (unpaired) electrons. The predicted octanol–water partition coefficient (Wildman–Crippen LogP) is 4.41. The zero-order chi connectivity index (χ0) is 16.8. The van der Waals surface area contributed by atoms with Crippen molar-refractivity contribution in [1.82, 2.24) is 4.72 Å². The van der Waals surface area contributed by atoms with Crippen molar-refractivity contribution >= 4 is 21.4 Å².